The molecule has 0 spiro atoms. The summed E-state index contributed by atoms with van der Waals surface area (Å²) >= 11 is 7.38. The predicted molar refractivity (Wildman–Crippen MR) is 82.0 cm³/mol. The fourth-order valence-corrected chi connectivity index (χ4v) is 2.87. The fraction of sp³-hybridized carbons (Fsp3) is 0.417. The number of fused-ring (bicyclic) bond motifs is 1. The van der Waals surface area contributed by atoms with Crippen LogP contribution in [0.3, 0.4) is 0 Å². The zero-order valence-corrected chi connectivity index (χ0v) is 13.3. The smallest absolute Gasteiger partial charge is 0.183 e. The van der Waals surface area contributed by atoms with Crippen LogP contribution in [0.25, 0.3) is 10.2 Å². The minimum atomic E-state index is -3.12. The lowest BCUT2D eigenvalue weighted by Gasteiger charge is -2.22. The summed E-state index contributed by atoms with van der Waals surface area (Å²) < 4.78 is 23.4. The SMILES string of the molecule is CC(C)(CNc1nc2ccc(Cl)cc2s1)S(C)(=O)=O. The number of sulfone groups is 1. The molecule has 0 amide bonds. The molecule has 0 bridgehead atoms. The van der Waals surface area contributed by atoms with E-state index in [2.05, 4.69) is 10.3 Å². The van der Waals surface area contributed by atoms with Crippen LogP contribution in [-0.4, -0.2) is 30.9 Å². The number of hydrogen-bond acceptors (Lipinski definition) is 5. The highest BCUT2D eigenvalue weighted by Gasteiger charge is 2.30. The summed E-state index contributed by atoms with van der Waals surface area (Å²) in [5.41, 5.74) is 0.856. The molecule has 0 radical (unpaired) electrons. The molecule has 0 aliphatic rings. The van der Waals surface area contributed by atoms with Gasteiger partial charge in [-0.1, -0.05) is 22.9 Å². The Morgan fingerprint density at radius 3 is 2.74 bits per heavy atom. The summed E-state index contributed by atoms with van der Waals surface area (Å²) in [5, 5.41) is 4.45. The van der Waals surface area contributed by atoms with Crippen LogP contribution in [0.2, 0.25) is 5.02 Å². The lowest BCUT2D eigenvalue weighted by molar-refractivity contribution is 0.560. The number of nitrogens with one attached hydrogen (secondary N) is 1. The highest BCUT2D eigenvalue weighted by atomic mass is 35.5. The van der Waals surface area contributed by atoms with Crippen molar-refractivity contribution in [3.8, 4) is 0 Å². The number of hydrogen-bond donors (Lipinski definition) is 1. The summed E-state index contributed by atoms with van der Waals surface area (Å²) in [7, 11) is -3.12. The van der Waals surface area contributed by atoms with E-state index in [1.807, 2.05) is 12.1 Å². The van der Waals surface area contributed by atoms with Crippen LogP contribution >= 0.6 is 22.9 Å². The molecule has 0 fully saturated rings. The van der Waals surface area contributed by atoms with Crippen molar-refractivity contribution in [2.24, 2.45) is 0 Å². The lowest BCUT2D eigenvalue weighted by Crippen LogP contribution is -2.38. The second-order valence-electron chi connectivity index (χ2n) is 5.02. The molecule has 0 atom stereocenters. The molecule has 2 aromatic rings. The zero-order valence-electron chi connectivity index (χ0n) is 10.9. The van der Waals surface area contributed by atoms with Crippen molar-refractivity contribution in [2.75, 3.05) is 18.1 Å². The van der Waals surface area contributed by atoms with Crippen LogP contribution < -0.4 is 5.32 Å². The van der Waals surface area contributed by atoms with Gasteiger partial charge in [0.25, 0.3) is 0 Å². The number of thiazole rings is 1. The summed E-state index contributed by atoms with van der Waals surface area (Å²) in [6, 6.07) is 5.48. The molecule has 1 N–H and O–H groups in total. The molecule has 104 valence electrons. The van der Waals surface area contributed by atoms with Gasteiger partial charge in [0.15, 0.2) is 15.0 Å². The van der Waals surface area contributed by atoms with Crippen molar-refractivity contribution in [1.82, 2.24) is 4.98 Å². The summed E-state index contributed by atoms with van der Waals surface area (Å²) in [6.07, 6.45) is 1.24. The second kappa shape index (κ2) is 4.92. The summed E-state index contributed by atoms with van der Waals surface area (Å²) in [4.78, 5) is 4.39. The average Bonchev–Trinajstić information content (AvgIpc) is 2.67. The number of anilines is 1. The molecule has 0 unspecified atom stereocenters. The minimum Gasteiger partial charge on any atom is -0.360 e. The van der Waals surface area contributed by atoms with Gasteiger partial charge in [0.1, 0.15) is 0 Å². The minimum absolute atomic E-state index is 0.319. The highest BCUT2D eigenvalue weighted by Crippen LogP contribution is 2.29. The summed E-state index contributed by atoms with van der Waals surface area (Å²) in [5.74, 6) is 0. The average molecular weight is 319 g/mol. The van der Waals surface area contributed by atoms with Crippen LogP contribution in [0.15, 0.2) is 18.2 Å². The van der Waals surface area contributed by atoms with E-state index in [4.69, 9.17) is 11.6 Å². The molecular formula is C12H15ClN2O2S2. The molecule has 4 nitrogen and oxygen atoms in total. The lowest BCUT2D eigenvalue weighted by atomic mass is 10.2. The maximum Gasteiger partial charge on any atom is 0.183 e. The Hall–Kier alpha value is -0.850. The van der Waals surface area contributed by atoms with Gasteiger partial charge in [-0.25, -0.2) is 13.4 Å². The Bertz CT molecular complexity index is 708. The van der Waals surface area contributed by atoms with Gasteiger partial charge in [0.05, 0.1) is 15.0 Å². The van der Waals surface area contributed by atoms with Gasteiger partial charge < -0.3 is 5.32 Å². The monoisotopic (exact) mass is 318 g/mol. The van der Waals surface area contributed by atoms with Crippen molar-refractivity contribution in [1.29, 1.82) is 0 Å². The first-order valence-corrected chi connectivity index (χ1v) is 8.77. The zero-order chi connectivity index (χ0) is 14.3. The number of rotatable bonds is 4. The van der Waals surface area contributed by atoms with E-state index >= 15 is 0 Å². The van der Waals surface area contributed by atoms with Crippen LogP contribution in [0, 0.1) is 0 Å². The van der Waals surface area contributed by atoms with E-state index in [0.717, 1.165) is 10.2 Å². The van der Waals surface area contributed by atoms with Gasteiger partial charge >= 0.3 is 0 Å². The van der Waals surface area contributed by atoms with Crippen LogP contribution in [0.4, 0.5) is 5.13 Å². The Morgan fingerprint density at radius 1 is 1.42 bits per heavy atom. The predicted octanol–water partition coefficient (Wildman–Crippen LogP) is 3.18. The van der Waals surface area contributed by atoms with E-state index in [1.165, 1.54) is 17.6 Å². The number of nitrogens with zero attached hydrogens (tertiary/aromatic N) is 1. The molecule has 1 heterocycles. The molecule has 1 aromatic heterocycles. The third-order valence-corrected chi connectivity index (χ3v) is 6.38. The number of halogens is 1. The molecule has 2 rings (SSSR count). The van der Waals surface area contributed by atoms with Gasteiger partial charge in [-0.05, 0) is 32.0 Å². The largest absolute Gasteiger partial charge is 0.360 e. The topological polar surface area (TPSA) is 59.1 Å². The fourth-order valence-electron chi connectivity index (χ4n) is 1.39. The molecular weight excluding hydrogens is 304 g/mol. The third-order valence-electron chi connectivity index (χ3n) is 3.02. The van der Waals surface area contributed by atoms with Crippen molar-refractivity contribution in [3.63, 3.8) is 0 Å². The van der Waals surface area contributed by atoms with Crippen molar-refractivity contribution in [2.45, 2.75) is 18.6 Å². The van der Waals surface area contributed by atoms with Crippen LogP contribution in [0.5, 0.6) is 0 Å². The highest BCUT2D eigenvalue weighted by molar-refractivity contribution is 7.92. The van der Waals surface area contributed by atoms with E-state index < -0.39 is 14.6 Å². The molecule has 0 saturated heterocycles. The quantitative estimate of drug-likeness (QED) is 0.940. The maximum atomic E-state index is 11.6. The van der Waals surface area contributed by atoms with Gasteiger partial charge in [0, 0.05) is 17.8 Å². The first-order chi connectivity index (χ1) is 8.69. The third kappa shape index (κ3) is 3.19. The molecule has 19 heavy (non-hydrogen) atoms. The number of benzene rings is 1. The molecule has 0 aliphatic heterocycles. The summed E-state index contributed by atoms with van der Waals surface area (Å²) in [6.45, 7) is 3.71. The Labute approximate surface area is 121 Å². The van der Waals surface area contributed by atoms with Gasteiger partial charge in [-0.3, -0.25) is 0 Å². The Morgan fingerprint density at radius 2 is 2.11 bits per heavy atom. The van der Waals surface area contributed by atoms with Gasteiger partial charge in [-0.15, -0.1) is 0 Å². The molecule has 0 saturated carbocycles. The van der Waals surface area contributed by atoms with Gasteiger partial charge in [-0.2, -0.15) is 0 Å². The first-order valence-electron chi connectivity index (χ1n) is 5.69. The van der Waals surface area contributed by atoms with E-state index in [0.29, 0.717) is 16.7 Å². The molecule has 0 aliphatic carbocycles. The Balaban J connectivity index is 2.19. The maximum absolute atomic E-state index is 11.6. The molecule has 1 aromatic carbocycles. The molecule has 7 heteroatoms. The van der Waals surface area contributed by atoms with Crippen molar-refractivity contribution < 1.29 is 8.42 Å². The Kier molecular flexibility index (Phi) is 3.77. The van der Waals surface area contributed by atoms with E-state index in [1.54, 1.807) is 19.9 Å². The van der Waals surface area contributed by atoms with Crippen LogP contribution in [0.1, 0.15) is 13.8 Å². The first kappa shape index (κ1) is 14.6. The van der Waals surface area contributed by atoms with Crippen molar-refractivity contribution in [3.05, 3.63) is 23.2 Å². The van der Waals surface area contributed by atoms with E-state index in [-0.39, 0.29) is 0 Å². The second-order valence-corrected chi connectivity index (χ2v) is 9.13. The standard InChI is InChI=1S/C12H15ClN2O2S2/c1-12(2,19(3,16)17)7-14-11-15-9-5-4-8(13)6-10(9)18-11/h4-6H,7H2,1-3H3,(H,14,15). The van der Waals surface area contributed by atoms with E-state index in [9.17, 15) is 8.42 Å². The number of aromatic nitrogens is 1. The van der Waals surface area contributed by atoms with Crippen molar-refractivity contribution >= 4 is 48.1 Å². The normalized spacial score (nSPS) is 12.8. The van der Waals surface area contributed by atoms with Gasteiger partial charge in [0.2, 0.25) is 0 Å². The van der Waals surface area contributed by atoms with Crippen LogP contribution in [-0.2, 0) is 9.84 Å².